The highest BCUT2D eigenvalue weighted by molar-refractivity contribution is 7.91. The number of nitrogens with one attached hydrogen (secondary N) is 1. The third kappa shape index (κ3) is 3.42. The molecule has 2 aromatic carbocycles. The van der Waals surface area contributed by atoms with Crippen LogP contribution < -0.4 is 5.32 Å². The van der Waals surface area contributed by atoms with Gasteiger partial charge in [-0.15, -0.1) is 0 Å². The van der Waals surface area contributed by atoms with Crippen molar-refractivity contribution in [3.63, 3.8) is 0 Å². The lowest BCUT2D eigenvalue weighted by Gasteiger charge is -2.14. The second kappa shape index (κ2) is 6.66. The maximum Gasteiger partial charge on any atom is 0.257 e. The minimum atomic E-state index is -3.09. The molecule has 1 aliphatic heterocycles. The van der Waals surface area contributed by atoms with Crippen molar-refractivity contribution in [2.75, 3.05) is 16.8 Å². The third-order valence-corrected chi connectivity index (χ3v) is 7.41. The van der Waals surface area contributed by atoms with E-state index in [0.717, 1.165) is 18.5 Å². The van der Waals surface area contributed by atoms with Gasteiger partial charge in [0, 0.05) is 22.9 Å². The Bertz CT molecular complexity index is 1230. The van der Waals surface area contributed by atoms with E-state index in [1.807, 2.05) is 6.07 Å². The number of halogens is 1. The summed E-state index contributed by atoms with van der Waals surface area (Å²) in [6, 6.07) is 11.1. The third-order valence-electron chi connectivity index (χ3n) is 5.66. The van der Waals surface area contributed by atoms with Gasteiger partial charge in [-0.3, -0.25) is 4.79 Å². The zero-order valence-electron chi connectivity index (χ0n) is 15.6. The molecule has 1 amide bonds. The molecule has 1 N–H and O–H groups in total. The number of aromatic nitrogens is 2. The summed E-state index contributed by atoms with van der Waals surface area (Å²) >= 11 is 0. The van der Waals surface area contributed by atoms with Crippen molar-refractivity contribution >= 4 is 32.3 Å². The summed E-state index contributed by atoms with van der Waals surface area (Å²) in [6.07, 6.45) is 2.59. The molecule has 2 aliphatic rings. The van der Waals surface area contributed by atoms with E-state index in [-0.39, 0.29) is 29.3 Å². The van der Waals surface area contributed by atoms with Crippen LogP contribution in [0.5, 0.6) is 0 Å². The quantitative estimate of drug-likeness (QED) is 0.708. The van der Waals surface area contributed by atoms with Crippen LogP contribution in [0.2, 0.25) is 0 Å². The summed E-state index contributed by atoms with van der Waals surface area (Å²) in [4.78, 5) is 13.0. The number of carbonyl (C=O) groups excluding carboxylic acids is 1. The minimum Gasteiger partial charge on any atom is -0.307 e. The van der Waals surface area contributed by atoms with Crippen molar-refractivity contribution < 1.29 is 17.6 Å². The Morgan fingerprint density at radius 3 is 2.55 bits per heavy atom. The molecule has 150 valence electrons. The summed E-state index contributed by atoms with van der Waals surface area (Å²) in [5, 5.41) is 8.42. The van der Waals surface area contributed by atoms with Gasteiger partial charge in [-0.05, 0) is 36.8 Å². The van der Waals surface area contributed by atoms with Crippen LogP contribution in [-0.2, 0) is 9.84 Å². The monoisotopic (exact) mass is 413 g/mol. The number of hydrogen-bond acceptors (Lipinski definition) is 4. The fourth-order valence-electron chi connectivity index (χ4n) is 3.98. The molecule has 1 atom stereocenters. The van der Waals surface area contributed by atoms with E-state index in [4.69, 9.17) is 0 Å². The average Bonchev–Trinajstić information content (AvgIpc) is 3.37. The summed E-state index contributed by atoms with van der Waals surface area (Å²) in [5.74, 6) is 0.275. The predicted octanol–water partition coefficient (Wildman–Crippen LogP) is 3.66. The van der Waals surface area contributed by atoms with Gasteiger partial charge in [0.1, 0.15) is 11.6 Å². The lowest BCUT2D eigenvalue weighted by atomic mass is 10.0. The first-order valence-corrected chi connectivity index (χ1v) is 11.5. The number of amides is 1. The van der Waals surface area contributed by atoms with Crippen molar-refractivity contribution in [2.45, 2.75) is 31.2 Å². The molecule has 1 unspecified atom stereocenters. The highest BCUT2D eigenvalue weighted by Crippen LogP contribution is 2.41. The van der Waals surface area contributed by atoms with Crippen molar-refractivity contribution in [1.82, 2.24) is 9.78 Å². The van der Waals surface area contributed by atoms with Crippen LogP contribution in [0.25, 0.3) is 10.8 Å². The fourth-order valence-corrected chi connectivity index (χ4v) is 5.67. The number of carbonyl (C=O) groups is 1. The van der Waals surface area contributed by atoms with Crippen LogP contribution in [0.4, 0.5) is 10.2 Å². The highest BCUT2D eigenvalue weighted by Gasteiger charge is 2.34. The van der Waals surface area contributed by atoms with Crippen LogP contribution in [0, 0.1) is 5.82 Å². The van der Waals surface area contributed by atoms with Crippen LogP contribution in [0.1, 0.15) is 47.3 Å². The topological polar surface area (TPSA) is 81.1 Å². The fraction of sp³-hybridized carbons (Fsp3) is 0.333. The van der Waals surface area contributed by atoms with Gasteiger partial charge in [0.2, 0.25) is 0 Å². The largest absolute Gasteiger partial charge is 0.307 e. The first kappa shape index (κ1) is 18.3. The van der Waals surface area contributed by atoms with E-state index in [9.17, 15) is 17.6 Å². The Labute approximate surface area is 167 Å². The van der Waals surface area contributed by atoms with E-state index < -0.39 is 9.84 Å². The Morgan fingerprint density at radius 1 is 1.10 bits per heavy atom. The minimum absolute atomic E-state index is 0.0289. The normalized spacial score (nSPS) is 20.8. The molecule has 5 rings (SSSR count). The van der Waals surface area contributed by atoms with Gasteiger partial charge < -0.3 is 5.32 Å². The van der Waals surface area contributed by atoms with Gasteiger partial charge in [0.05, 0.1) is 23.2 Å². The highest BCUT2D eigenvalue weighted by atomic mass is 32.2. The zero-order valence-corrected chi connectivity index (χ0v) is 16.5. The first-order valence-electron chi connectivity index (χ1n) is 9.70. The van der Waals surface area contributed by atoms with Crippen molar-refractivity contribution in [2.24, 2.45) is 0 Å². The maximum atomic E-state index is 14.1. The predicted molar refractivity (Wildman–Crippen MR) is 108 cm³/mol. The van der Waals surface area contributed by atoms with Crippen molar-refractivity contribution in [3.05, 3.63) is 59.5 Å². The van der Waals surface area contributed by atoms with Gasteiger partial charge in [-0.2, -0.15) is 5.10 Å². The van der Waals surface area contributed by atoms with Crippen LogP contribution in [0.3, 0.4) is 0 Å². The van der Waals surface area contributed by atoms with E-state index in [0.29, 0.717) is 34.5 Å². The van der Waals surface area contributed by atoms with E-state index >= 15 is 0 Å². The van der Waals surface area contributed by atoms with Crippen LogP contribution in [0.15, 0.2) is 42.5 Å². The molecule has 8 heteroatoms. The molecule has 1 aliphatic carbocycles. The van der Waals surface area contributed by atoms with E-state index in [1.165, 1.54) is 12.1 Å². The second-order valence-corrected chi connectivity index (χ2v) is 10.1. The molecule has 2 fully saturated rings. The lowest BCUT2D eigenvalue weighted by molar-refractivity contribution is 0.102. The van der Waals surface area contributed by atoms with Crippen molar-refractivity contribution in [3.8, 4) is 0 Å². The molecule has 3 aromatic rings. The summed E-state index contributed by atoms with van der Waals surface area (Å²) < 4.78 is 39.6. The summed E-state index contributed by atoms with van der Waals surface area (Å²) in [5.41, 5.74) is 1.25. The standard InChI is InChI=1S/C21H20FN3O3S/c22-18-8-7-17(15-3-1-2-4-16(15)18)21(26)23-20-11-19(13-5-6-13)24-25(20)14-9-10-29(27,28)12-14/h1-4,7-8,11,13-14H,5-6,9-10,12H2,(H,23,26). The number of nitrogens with zero attached hydrogens (tertiary/aromatic N) is 2. The number of fused-ring (bicyclic) bond motifs is 1. The molecule has 1 aromatic heterocycles. The molecular formula is C21H20FN3O3S. The SMILES string of the molecule is O=C(Nc1cc(C2CC2)nn1C1CCS(=O)(=O)C1)c1ccc(F)c2ccccc12. The summed E-state index contributed by atoms with van der Waals surface area (Å²) in [6.45, 7) is 0. The first-order chi connectivity index (χ1) is 13.9. The molecule has 6 nitrogen and oxygen atoms in total. The number of hydrogen-bond donors (Lipinski definition) is 1. The molecular weight excluding hydrogens is 393 g/mol. The molecule has 0 spiro atoms. The number of anilines is 1. The zero-order chi connectivity index (χ0) is 20.2. The van der Waals surface area contributed by atoms with Gasteiger partial charge in [0.25, 0.3) is 5.91 Å². The van der Waals surface area contributed by atoms with E-state index in [1.54, 1.807) is 28.9 Å². The smallest absolute Gasteiger partial charge is 0.257 e. The summed E-state index contributed by atoms with van der Waals surface area (Å²) in [7, 11) is -3.09. The molecule has 2 heterocycles. The lowest BCUT2D eigenvalue weighted by Crippen LogP contribution is -2.20. The number of benzene rings is 2. The van der Waals surface area contributed by atoms with Crippen molar-refractivity contribution in [1.29, 1.82) is 0 Å². The van der Waals surface area contributed by atoms with Gasteiger partial charge in [-0.1, -0.05) is 24.3 Å². The Morgan fingerprint density at radius 2 is 1.86 bits per heavy atom. The van der Waals surface area contributed by atoms with E-state index in [2.05, 4.69) is 10.4 Å². The number of rotatable bonds is 4. The van der Waals surface area contributed by atoms with Crippen LogP contribution in [-0.4, -0.2) is 35.6 Å². The Kier molecular flexibility index (Phi) is 4.20. The molecule has 29 heavy (non-hydrogen) atoms. The Balaban J connectivity index is 1.50. The molecule has 1 saturated carbocycles. The number of sulfone groups is 1. The molecule has 0 radical (unpaired) electrons. The van der Waals surface area contributed by atoms with Gasteiger partial charge >= 0.3 is 0 Å². The molecule has 0 bridgehead atoms. The van der Waals surface area contributed by atoms with Gasteiger partial charge in [0.15, 0.2) is 9.84 Å². The van der Waals surface area contributed by atoms with Gasteiger partial charge in [-0.25, -0.2) is 17.5 Å². The second-order valence-electron chi connectivity index (χ2n) is 7.82. The Hall–Kier alpha value is -2.74. The molecule has 1 saturated heterocycles. The maximum absolute atomic E-state index is 14.1. The average molecular weight is 413 g/mol. The van der Waals surface area contributed by atoms with Crippen LogP contribution >= 0.6 is 0 Å².